The summed E-state index contributed by atoms with van der Waals surface area (Å²) in [5.74, 6) is 1.17. The zero-order chi connectivity index (χ0) is 15.8. The number of carbonyl (C=O) groups excluding carboxylic acids is 1. The van der Waals surface area contributed by atoms with Gasteiger partial charge in [-0.05, 0) is 6.42 Å². The van der Waals surface area contributed by atoms with Crippen molar-refractivity contribution in [2.45, 2.75) is 19.8 Å². The summed E-state index contributed by atoms with van der Waals surface area (Å²) in [6.07, 6.45) is 1.66. The molecule has 0 spiro atoms. The highest BCUT2D eigenvalue weighted by Crippen LogP contribution is 2.40. The van der Waals surface area contributed by atoms with Crippen LogP contribution in [0.5, 0.6) is 17.2 Å². The number of nitrogens with two attached hydrogens (primary N) is 1. The lowest BCUT2D eigenvalue weighted by molar-refractivity contribution is -0.119. The number of nitrogens with one attached hydrogen (secondary N) is 1. The van der Waals surface area contributed by atoms with E-state index in [0.29, 0.717) is 29.5 Å². The van der Waals surface area contributed by atoms with Crippen LogP contribution in [-0.4, -0.2) is 33.8 Å². The van der Waals surface area contributed by atoms with Gasteiger partial charge in [-0.1, -0.05) is 13.3 Å². The van der Waals surface area contributed by atoms with E-state index in [0.717, 1.165) is 12.8 Å². The fraction of sp³-hybridized carbons (Fsp3) is 0.533. The smallest absolute Gasteiger partial charge is 0.228 e. The van der Waals surface area contributed by atoms with Crippen LogP contribution in [0.3, 0.4) is 0 Å². The van der Waals surface area contributed by atoms with Gasteiger partial charge in [0.1, 0.15) is 0 Å². The summed E-state index contributed by atoms with van der Waals surface area (Å²) in [6.45, 7) is 2.35. The molecule has 0 fully saturated rings. The van der Waals surface area contributed by atoms with Crippen molar-refractivity contribution in [3.63, 3.8) is 0 Å². The average molecular weight is 296 g/mol. The molecule has 0 aliphatic carbocycles. The van der Waals surface area contributed by atoms with Crippen LogP contribution in [0.1, 0.15) is 19.8 Å². The minimum atomic E-state index is -0.200. The van der Waals surface area contributed by atoms with Gasteiger partial charge in [0.15, 0.2) is 11.5 Å². The Morgan fingerprint density at radius 3 is 2.14 bits per heavy atom. The van der Waals surface area contributed by atoms with Crippen LogP contribution >= 0.6 is 0 Å². The number of rotatable bonds is 8. The maximum absolute atomic E-state index is 12.2. The Bertz CT molecular complexity index is 452. The van der Waals surface area contributed by atoms with E-state index in [1.807, 2.05) is 6.92 Å². The lowest BCUT2D eigenvalue weighted by atomic mass is 10.0. The SMILES string of the molecule is CCCC(CN)C(=O)Nc1cc(OC)c(OC)c(OC)c1. The molecule has 6 nitrogen and oxygen atoms in total. The molecule has 3 N–H and O–H groups in total. The third-order valence-electron chi connectivity index (χ3n) is 3.22. The number of carbonyl (C=O) groups is 1. The summed E-state index contributed by atoms with van der Waals surface area (Å²) in [6, 6.07) is 3.39. The Morgan fingerprint density at radius 2 is 1.76 bits per heavy atom. The molecular formula is C15H24N2O4. The normalized spacial score (nSPS) is 11.7. The molecule has 6 heteroatoms. The minimum Gasteiger partial charge on any atom is -0.493 e. The first-order valence-corrected chi connectivity index (χ1v) is 6.92. The fourth-order valence-electron chi connectivity index (χ4n) is 2.10. The molecule has 0 saturated carbocycles. The maximum atomic E-state index is 12.2. The summed E-state index contributed by atoms with van der Waals surface area (Å²) in [5.41, 5.74) is 6.23. The van der Waals surface area contributed by atoms with Gasteiger partial charge in [0, 0.05) is 24.4 Å². The molecule has 1 unspecified atom stereocenters. The van der Waals surface area contributed by atoms with Gasteiger partial charge in [-0.15, -0.1) is 0 Å². The first-order valence-electron chi connectivity index (χ1n) is 6.92. The Labute approximate surface area is 125 Å². The second-order valence-electron chi connectivity index (χ2n) is 4.62. The molecule has 0 radical (unpaired) electrons. The molecule has 118 valence electrons. The van der Waals surface area contributed by atoms with Crippen LogP contribution in [0.15, 0.2) is 12.1 Å². The third-order valence-corrected chi connectivity index (χ3v) is 3.22. The second-order valence-corrected chi connectivity index (χ2v) is 4.62. The van der Waals surface area contributed by atoms with Crippen LogP contribution in [0, 0.1) is 5.92 Å². The molecule has 21 heavy (non-hydrogen) atoms. The maximum Gasteiger partial charge on any atom is 0.228 e. The summed E-state index contributed by atoms with van der Waals surface area (Å²) in [5, 5.41) is 2.84. The van der Waals surface area contributed by atoms with E-state index in [2.05, 4.69) is 5.32 Å². The monoisotopic (exact) mass is 296 g/mol. The Morgan fingerprint density at radius 1 is 1.19 bits per heavy atom. The number of hydrogen-bond donors (Lipinski definition) is 2. The molecule has 0 aliphatic heterocycles. The molecule has 1 aromatic rings. The van der Waals surface area contributed by atoms with Gasteiger partial charge in [-0.3, -0.25) is 4.79 Å². The van der Waals surface area contributed by atoms with Crippen LogP contribution in [0.25, 0.3) is 0 Å². The largest absolute Gasteiger partial charge is 0.493 e. The van der Waals surface area contributed by atoms with E-state index in [1.54, 1.807) is 12.1 Å². The fourth-order valence-corrected chi connectivity index (χ4v) is 2.10. The zero-order valence-electron chi connectivity index (χ0n) is 13.1. The lowest BCUT2D eigenvalue weighted by Crippen LogP contribution is -2.29. The van der Waals surface area contributed by atoms with Crippen molar-refractivity contribution in [3.05, 3.63) is 12.1 Å². The van der Waals surface area contributed by atoms with Crippen LogP contribution in [-0.2, 0) is 4.79 Å². The van der Waals surface area contributed by atoms with Crippen molar-refractivity contribution >= 4 is 11.6 Å². The average Bonchev–Trinajstić information content (AvgIpc) is 2.51. The van der Waals surface area contributed by atoms with Gasteiger partial charge in [0.2, 0.25) is 11.7 Å². The zero-order valence-corrected chi connectivity index (χ0v) is 13.1. The van der Waals surface area contributed by atoms with Gasteiger partial charge in [0.25, 0.3) is 0 Å². The van der Waals surface area contributed by atoms with E-state index in [9.17, 15) is 4.79 Å². The van der Waals surface area contributed by atoms with Crippen LogP contribution in [0.4, 0.5) is 5.69 Å². The number of anilines is 1. The molecular weight excluding hydrogens is 272 g/mol. The first kappa shape index (κ1) is 17.1. The van der Waals surface area contributed by atoms with E-state index in [4.69, 9.17) is 19.9 Å². The topological polar surface area (TPSA) is 82.8 Å². The van der Waals surface area contributed by atoms with Crippen molar-refractivity contribution in [2.24, 2.45) is 11.7 Å². The summed E-state index contributed by atoms with van der Waals surface area (Å²) < 4.78 is 15.8. The molecule has 1 atom stereocenters. The van der Waals surface area contributed by atoms with Crippen molar-refractivity contribution < 1.29 is 19.0 Å². The third kappa shape index (κ3) is 4.26. The number of hydrogen-bond acceptors (Lipinski definition) is 5. The quantitative estimate of drug-likeness (QED) is 0.767. The van der Waals surface area contributed by atoms with E-state index < -0.39 is 0 Å². The van der Waals surface area contributed by atoms with E-state index >= 15 is 0 Å². The molecule has 0 heterocycles. The standard InChI is InChI=1S/C15H24N2O4/c1-5-6-10(9-16)15(18)17-11-7-12(19-2)14(21-4)13(8-11)20-3/h7-8,10H,5-6,9,16H2,1-4H3,(H,17,18). The Hall–Kier alpha value is -1.95. The molecule has 0 bridgehead atoms. The highest BCUT2D eigenvalue weighted by Gasteiger charge is 2.18. The van der Waals surface area contributed by atoms with E-state index in [-0.39, 0.29) is 11.8 Å². The Balaban J connectivity index is 3.00. The minimum absolute atomic E-state index is 0.103. The number of amides is 1. The van der Waals surface area contributed by atoms with Crippen molar-refractivity contribution in [1.82, 2.24) is 0 Å². The molecule has 0 saturated heterocycles. The summed E-state index contributed by atoms with van der Waals surface area (Å²) in [4.78, 5) is 12.2. The van der Waals surface area contributed by atoms with Gasteiger partial charge >= 0.3 is 0 Å². The van der Waals surface area contributed by atoms with Gasteiger partial charge in [-0.2, -0.15) is 0 Å². The van der Waals surface area contributed by atoms with Gasteiger partial charge in [0.05, 0.1) is 27.2 Å². The number of methoxy groups -OCH3 is 3. The highest BCUT2D eigenvalue weighted by molar-refractivity contribution is 5.93. The van der Waals surface area contributed by atoms with Crippen molar-refractivity contribution in [2.75, 3.05) is 33.2 Å². The number of benzene rings is 1. The molecule has 1 amide bonds. The molecule has 0 aliphatic rings. The summed E-state index contributed by atoms with van der Waals surface area (Å²) in [7, 11) is 4.59. The predicted octanol–water partition coefficient (Wildman–Crippen LogP) is 2.03. The van der Waals surface area contributed by atoms with Crippen LogP contribution < -0.4 is 25.3 Å². The highest BCUT2D eigenvalue weighted by atomic mass is 16.5. The van der Waals surface area contributed by atoms with Gasteiger partial charge < -0.3 is 25.3 Å². The van der Waals surface area contributed by atoms with Crippen molar-refractivity contribution in [3.8, 4) is 17.2 Å². The molecule has 0 aromatic heterocycles. The molecule has 1 aromatic carbocycles. The van der Waals surface area contributed by atoms with Crippen molar-refractivity contribution in [1.29, 1.82) is 0 Å². The number of ether oxygens (including phenoxy) is 3. The lowest BCUT2D eigenvalue weighted by Gasteiger charge is -2.17. The van der Waals surface area contributed by atoms with E-state index in [1.165, 1.54) is 21.3 Å². The first-order chi connectivity index (χ1) is 10.1. The Kier molecular flexibility index (Phi) is 6.81. The van der Waals surface area contributed by atoms with Crippen LogP contribution in [0.2, 0.25) is 0 Å². The molecule has 1 rings (SSSR count). The second kappa shape index (κ2) is 8.36. The predicted molar refractivity (Wildman–Crippen MR) is 82.2 cm³/mol. The summed E-state index contributed by atoms with van der Waals surface area (Å²) >= 11 is 0. The van der Waals surface area contributed by atoms with Gasteiger partial charge in [-0.25, -0.2) is 0 Å².